The second-order valence-electron chi connectivity index (χ2n) is 9.97. The molecule has 1 spiro atoms. The van der Waals surface area contributed by atoms with E-state index in [0.717, 1.165) is 43.6 Å². The van der Waals surface area contributed by atoms with Crippen LogP contribution in [0.3, 0.4) is 0 Å². The van der Waals surface area contributed by atoms with Crippen LogP contribution in [0.2, 0.25) is 0 Å². The molecule has 2 saturated heterocycles. The summed E-state index contributed by atoms with van der Waals surface area (Å²) in [6.45, 7) is 8.44. The van der Waals surface area contributed by atoms with E-state index in [1.54, 1.807) is 24.3 Å². The molecule has 2 aromatic carbocycles. The highest BCUT2D eigenvalue weighted by Crippen LogP contribution is 2.31. The number of hydrogen-bond donors (Lipinski definition) is 1. The zero-order valence-electron chi connectivity index (χ0n) is 22.2. The predicted molar refractivity (Wildman–Crippen MR) is 146 cm³/mol. The Hall–Kier alpha value is -3.48. The van der Waals surface area contributed by atoms with Crippen molar-refractivity contribution in [1.82, 2.24) is 4.90 Å². The van der Waals surface area contributed by atoms with E-state index in [-0.39, 0.29) is 18.0 Å². The van der Waals surface area contributed by atoms with E-state index in [1.165, 1.54) is 12.5 Å². The van der Waals surface area contributed by atoms with Gasteiger partial charge in [0.05, 0.1) is 13.2 Å². The first-order valence-electron chi connectivity index (χ1n) is 13.2. The molecule has 2 aromatic rings. The van der Waals surface area contributed by atoms with Gasteiger partial charge in [-0.1, -0.05) is 43.0 Å². The zero-order valence-corrected chi connectivity index (χ0v) is 22.2. The van der Waals surface area contributed by atoms with E-state index >= 15 is 0 Å². The van der Waals surface area contributed by atoms with Crippen LogP contribution in [0.15, 0.2) is 53.5 Å². The molecule has 0 saturated carbocycles. The summed E-state index contributed by atoms with van der Waals surface area (Å²) >= 11 is 0. The van der Waals surface area contributed by atoms with Gasteiger partial charge in [0, 0.05) is 68.1 Å². The second kappa shape index (κ2) is 13.0. The molecule has 8 heteroatoms. The zero-order chi connectivity index (χ0) is 27.8. The average molecular weight is 531 g/mol. The number of nitrogens with zero attached hydrogens (tertiary/aromatic N) is 2. The largest absolute Gasteiger partial charge is 0.396 e. The Morgan fingerprint density at radius 1 is 1.00 bits per heavy atom. The third kappa shape index (κ3) is 7.14. The van der Waals surface area contributed by atoms with E-state index in [0.29, 0.717) is 18.8 Å². The highest BCUT2D eigenvalue weighted by atomic mass is 16.7. The Balaban J connectivity index is 1.33. The molecule has 1 N–H and O–H groups in total. The third-order valence-corrected chi connectivity index (χ3v) is 7.35. The van der Waals surface area contributed by atoms with Crippen molar-refractivity contribution in [3.05, 3.63) is 70.8 Å². The summed E-state index contributed by atoms with van der Waals surface area (Å²) in [6.07, 6.45) is 1.57. The minimum atomic E-state index is -1.26. The van der Waals surface area contributed by atoms with Crippen molar-refractivity contribution < 1.29 is 29.0 Å². The highest BCUT2D eigenvalue weighted by molar-refractivity contribution is 6.09. The Labute approximate surface area is 229 Å². The molecule has 204 valence electrons. The SMILES string of the molecule is C=NC(=O)C(C(=O)CCO)C(C)C(=O)c1ccc(C#Cc2ccc(CN3CCC4(CC3)OCCO4)cc2)cc1. The van der Waals surface area contributed by atoms with Crippen molar-refractivity contribution in [3.63, 3.8) is 0 Å². The number of rotatable bonds is 9. The lowest BCUT2D eigenvalue weighted by atomic mass is 9.83. The van der Waals surface area contributed by atoms with Crippen LogP contribution >= 0.6 is 0 Å². The van der Waals surface area contributed by atoms with Crippen LogP contribution in [0.25, 0.3) is 0 Å². The summed E-state index contributed by atoms with van der Waals surface area (Å²) in [4.78, 5) is 43.2. The Bertz CT molecular complexity index is 1240. The molecule has 2 fully saturated rings. The molecule has 8 nitrogen and oxygen atoms in total. The number of ketones is 2. The number of Topliss-reactive ketones (excluding diaryl/α,β-unsaturated/α-hetero) is 2. The van der Waals surface area contributed by atoms with Gasteiger partial charge in [-0.25, -0.2) is 4.99 Å². The van der Waals surface area contributed by atoms with Crippen molar-refractivity contribution in [1.29, 1.82) is 0 Å². The molecule has 0 aliphatic carbocycles. The first-order valence-corrected chi connectivity index (χ1v) is 13.2. The highest BCUT2D eigenvalue weighted by Gasteiger charge is 2.39. The molecule has 2 aliphatic rings. The molecule has 4 rings (SSSR count). The topological polar surface area (TPSA) is 106 Å². The first kappa shape index (κ1) is 28.5. The third-order valence-electron chi connectivity index (χ3n) is 7.35. The number of carbonyl (C=O) groups excluding carboxylic acids is 3. The van der Waals surface area contributed by atoms with Gasteiger partial charge >= 0.3 is 0 Å². The van der Waals surface area contributed by atoms with E-state index in [2.05, 4.69) is 40.6 Å². The van der Waals surface area contributed by atoms with Gasteiger partial charge < -0.3 is 14.6 Å². The predicted octanol–water partition coefficient (Wildman–Crippen LogP) is 3.04. The average Bonchev–Trinajstić information content (AvgIpc) is 3.42. The summed E-state index contributed by atoms with van der Waals surface area (Å²) in [5.41, 5.74) is 3.21. The molecule has 0 bridgehead atoms. The Morgan fingerprint density at radius 2 is 1.56 bits per heavy atom. The summed E-state index contributed by atoms with van der Waals surface area (Å²) in [5, 5.41) is 9.07. The number of likely N-dealkylation sites (tertiary alicyclic amines) is 1. The monoisotopic (exact) mass is 530 g/mol. The van der Waals surface area contributed by atoms with Gasteiger partial charge in [0.25, 0.3) is 5.91 Å². The number of carbonyl (C=O) groups is 3. The molecule has 1 amide bonds. The molecule has 2 aliphatic heterocycles. The molecule has 2 unspecified atom stereocenters. The van der Waals surface area contributed by atoms with Crippen LogP contribution in [0.4, 0.5) is 0 Å². The van der Waals surface area contributed by atoms with Gasteiger partial charge in [-0.15, -0.1) is 0 Å². The van der Waals surface area contributed by atoms with Gasteiger partial charge in [0.15, 0.2) is 11.6 Å². The summed E-state index contributed by atoms with van der Waals surface area (Å²) < 4.78 is 11.6. The minimum absolute atomic E-state index is 0.219. The van der Waals surface area contributed by atoms with Crippen LogP contribution in [-0.4, -0.2) is 72.9 Å². The summed E-state index contributed by atoms with van der Waals surface area (Å²) in [6, 6.07) is 14.9. The van der Waals surface area contributed by atoms with Crippen LogP contribution in [0.1, 0.15) is 53.2 Å². The number of aliphatic hydroxyl groups excluding tert-OH is 1. The van der Waals surface area contributed by atoms with E-state index < -0.39 is 30.1 Å². The van der Waals surface area contributed by atoms with Crippen molar-refractivity contribution in [3.8, 4) is 11.8 Å². The van der Waals surface area contributed by atoms with E-state index in [1.807, 2.05) is 12.1 Å². The van der Waals surface area contributed by atoms with Crippen LogP contribution in [-0.2, 0) is 25.6 Å². The van der Waals surface area contributed by atoms with Gasteiger partial charge in [-0.2, -0.15) is 0 Å². The summed E-state index contributed by atoms with van der Waals surface area (Å²) in [7, 11) is 0. The van der Waals surface area contributed by atoms with E-state index in [4.69, 9.17) is 14.6 Å². The summed E-state index contributed by atoms with van der Waals surface area (Å²) in [5.74, 6) is 2.08. The van der Waals surface area contributed by atoms with Gasteiger partial charge in [-0.3, -0.25) is 19.3 Å². The normalized spacial score (nSPS) is 18.1. The van der Waals surface area contributed by atoms with Crippen molar-refractivity contribution in [2.75, 3.05) is 32.9 Å². The molecular weight excluding hydrogens is 496 g/mol. The fourth-order valence-electron chi connectivity index (χ4n) is 5.06. The number of benzene rings is 2. The lowest BCUT2D eigenvalue weighted by Crippen LogP contribution is -2.44. The van der Waals surface area contributed by atoms with Crippen molar-refractivity contribution in [2.24, 2.45) is 16.8 Å². The molecule has 0 radical (unpaired) electrons. The number of piperidine rings is 1. The molecule has 2 heterocycles. The van der Waals surface area contributed by atoms with Crippen LogP contribution < -0.4 is 0 Å². The van der Waals surface area contributed by atoms with Crippen molar-refractivity contribution in [2.45, 2.75) is 38.5 Å². The maximum Gasteiger partial charge on any atom is 0.256 e. The molecular formula is C31H34N2O6. The lowest BCUT2D eigenvalue weighted by Gasteiger charge is -2.37. The number of hydrogen-bond acceptors (Lipinski definition) is 7. The van der Waals surface area contributed by atoms with Crippen LogP contribution in [0.5, 0.6) is 0 Å². The first-order chi connectivity index (χ1) is 18.8. The Kier molecular flexibility index (Phi) is 9.54. The maximum absolute atomic E-state index is 13.0. The number of aliphatic imine (C=N–C) groups is 1. The lowest BCUT2D eigenvalue weighted by molar-refractivity contribution is -0.185. The molecule has 0 aromatic heterocycles. The van der Waals surface area contributed by atoms with Gasteiger partial charge in [0.2, 0.25) is 0 Å². The minimum Gasteiger partial charge on any atom is -0.396 e. The fourth-order valence-corrected chi connectivity index (χ4v) is 5.06. The number of amides is 1. The van der Waals surface area contributed by atoms with Gasteiger partial charge in [0.1, 0.15) is 11.7 Å². The second-order valence-corrected chi connectivity index (χ2v) is 9.97. The fraction of sp³-hybridized carbons (Fsp3) is 0.419. The van der Waals surface area contributed by atoms with Gasteiger partial charge in [-0.05, 0) is 36.5 Å². The van der Waals surface area contributed by atoms with E-state index in [9.17, 15) is 14.4 Å². The number of aliphatic hydroxyl groups is 1. The van der Waals surface area contributed by atoms with Crippen molar-refractivity contribution >= 4 is 24.2 Å². The molecule has 2 atom stereocenters. The van der Waals surface area contributed by atoms with Crippen LogP contribution in [0, 0.1) is 23.7 Å². The Morgan fingerprint density at radius 3 is 2.10 bits per heavy atom. The quantitative estimate of drug-likeness (QED) is 0.230. The smallest absolute Gasteiger partial charge is 0.256 e. The standard InChI is InChI=1S/C31H34N2O6/c1-22(28(30(37)32-2)27(35)13-18-34)29(36)26-11-9-24(10-12-26)4-3-23-5-7-25(8-6-23)21-33-16-14-31(15-17-33)38-19-20-39-31/h5-12,22,28,34H,2,13-21H2,1H3. The number of ether oxygens (including phenoxy) is 2. The maximum atomic E-state index is 13.0. The molecule has 39 heavy (non-hydrogen) atoms.